The van der Waals surface area contributed by atoms with Crippen LogP contribution in [0.15, 0.2) is 35.7 Å². The van der Waals surface area contributed by atoms with Gasteiger partial charge in [-0.1, -0.05) is 18.2 Å². The minimum atomic E-state index is -3.04. The maximum absolute atomic E-state index is 12.5. The second-order valence-corrected chi connectivity index (χ2v) is 15.2. The third kappa shape index (κ3) is 4.24. The zero-order chi connectivity index (χ0) is 15.7. The first kappa shape index (κ1) is 17.2. The smallest absolute Gasteiger partial charge is 0.402 e. The molecule has 3 unspecified atom stereocenters. The first-order chi connectivity index (χ1) is 10.4. The van der Waals surface area contributed by atoms with Gasteiger partial charge in [-0.25, -0.2) is 0 Å². The molecule has 3 atom stereocenters. The molecule has 120 valence electrons. The van der Waals surface area contributed by atoms with Gasteiger partial charge in [0.05, 0.1) is 0 Å². The summed E-state index contributed by atoms with van der Waals surface area (Å²) in [7, 11) is -8.88. The normalized spacial score (nSPS) is 39.8. The molecule has 0 saturated heterocycles. The molecule has 0 bridgehead atoms. The van der Waals surface area contributed by atoms with Crippen molar-refractivity contribution >= 4 is 37.3 Å². The van der Waals surface area contributed by atoms with Gasteiger partial charge >= 0.3 is 15.1 Å². The fourth-order valence-corrected chi connectivity index (χ4v) is 12.9. The van der Waals surface area contributed by atoms with Crippen molar-refractivity contribution in [1.29, 1.82) is 0 Å². The van der Waals surface area contributed by atoms with Crippen LogP contribution in [0.25, 0.3) is 0 Å². The average Bonchev–Trinajstić information content (AvgIpc) is 3.13. The summed E-state index contributed by atoms with van der Waals surface area (Å²) in [6, 6.07) is 0. The van der Waals surface area contributed by atoms with Crippen LogP contribution in [-0.4, -0.2) is 33.6 Å². The summed E-state index contributed by atoms with van der Waals surface area (Å²) in [6.45, 7) is 0. The summed E-state index contributed by atoms with van der Waals surface area (Å²) >= 11 is -3.04. The highest BCUT2D eigenvalue weighted by Crippen LogP contribution is 2.61. The predicted octanol–water partition coefficient (Wildman–Crippen LogP) is 4.61. The van der Waals surface area contributed by atoms with Crippen LogP contribution in [0.4, 0.5) is 0 Å². The summed E-state index contributed by atoms with van der Waals surface area (Å²) in [5.41, 5.74) is 0. The Kier molecular flexibility index (Phi) is 5.20. The Morgan fingerprint density at radius 1 is 0.636 bits per heavy atom. The van der Waals surface area contributed by atoms with Crippen molar-refractivity contribution < 1.29 is 24.4 Å². The molecule has 0 radical (unpaired) electrons. The standard InChI is InChI=1S/3C4H7O2P.Al/c3*5-7(6)3-1-2-4-7;/h3*1,3H,2,4H2,(H,5,6);/q;;;+3/p-3. The fraction of sp³-hybridized carbons (Fsp3) is 0.500. The number of hydrogen-bond donors (Lipinski definition) is 0. The molecule has 0 aromatic carbocycles. The van der Waals surface area contributed by atoms with Crippen molar-refractivity contribution in [1.82, 2.24) is 0 Å². The minimum Gasteiger partial charge on any atom is -0.402 e. The fourth-order valence-electron chi connectivity index (χ4n) is 2.45. The van der Waals surface area contributed by atoms with E-state index in [4.69, 9.17) is 10.7 Å². The summed E-state index contributed by atoms with van der Waals surface area (Å²) in [5.74, 6) is 4.63. The zero-order valence-electron chi connectivity index (χ0n) is 12.1. The number of hydrogen-bond acceptors (Lipinski definition) is 6. The molecule has 0 amide bonds. The first-order valence-corrected chi connectivity index (χ1v) is 14.3. The predicted molar refractivity (Wildman–Crippen MR) is 87.7 cm³/mol. The maximum Gasteiger partial charge on any atom is 0.922 e. The minimum absolute atomic E-state index is 0.392. The van der Waals surface area contributed by atoms with Gasteiger partial charge in [0.25, 0.3) is 0 Å². The number of rotatable bonds is 6. The number of allylic oxidation sites excluding steroid dienone is 3. The molecule has 0 aromatic heterocycles. The third-order valence-corrected chi connectivity index (χ3v) is 14.6. The van der Waals surface area contributed by atoms with Crippen LogP contribution in [0.5, 0.6) is 0 Å². The second kappa shape index (κ2) is 6.67. The van der Waals surface area contributed by atoms with Crippen molar-refractivity contribution in [2.24, 2.45) is 0 Å². The largest absolute Gasteiger partial charge is 0.922 e. The van der Waals surface area contributed by atoms with E-state index in [-0.39, 0.29) is 0 Å². The van der Waals surface area contributed by atoms with E-state index in [1.807, 2.05) is 0 Å². The van der Waals surface area contributed by atoms with Crippen molar-refractivity contribution in [2.45, 2.75) is 19.3 Å². The highest BCUT2D eigenvalue weighted by Gasteiger charge is 2.48. The average molecular weight is 378 g/mol. The van der Waals surface area contributed by atoms with Gasteiger partial charge in [-0.05, 0) is 36.7 Å². The lowest BCUT2D eigenvalue weighted by molar-refractivity contribution is 0.313. The molecule has 6 nitrogen and oxygen atoms in total. The highest BCUT2D eigenvalue weighted by atomic mass is 31.2. The molecule has 0 saturated carbocycles. The zero-order valence-corrected chi connectivity index (χ0v) is 15.9. The lowest BCUT2D eigenvalue weighted by atomic mass is 10.5. The van der Waals surface area contributed by atoms with E-state index in [2.05, 4.69) is 0 Å². The van der Waals surface area contributed by atoms with Crippen LogP contribution < -0.4 is 0 Å². The molecule has 0 spiro atoms. The molecule has 0 aromatic rings. The summed E-state index contributed by atoms with van der Waals surface area (Å²) in [6.07, 6.45) is 8.58. The third-order valence-electron chi connectivity index (χ3n) is 3.61. The molecule has 3 aliphatic heterocycles. The van der Waals surface area contributed by atoms with Crippen molar-refractivity contribution in [2.75, 3.05) is 18.5 Å². The van der Waals surface area contributed by atoms with Crippen LogP contribution in [0, 0.1) is 0 Å². The molecule has 3 rings (SSSR count). The van der Waals surface area contributed by atoms with Gasteiger partial charge < -0.3 is 10.7 Å². The van der Waals surface area contributed by atoms with Gasteiger partial charge in [0.1, 0.15) is 0 Å². The van der Waals surface area contributed by atoms with Gasteiger partial charge in [0.2, 0.25) is 22.1 Å². The lowest BCUT2D eigenvalue weighted by Gasteiger charge is -2.22. The van der Waals surface area contributed by atoms with Gasteiger partial charge in [-0.15, -0.1) is 0 Å². The molecule has 0 N–H and O–H groups in total. The molecular formula is C12H18AlO6P3. The van der Waals surface area contributed by atoms with E-state index in [1.165, 1.54) is 0 Å². The van der Waals surface area contributed by atoms with E-state index in [0.29, 0.717) is 37.7 Å². The first-order valence-electron chi connectivity index (χ1n) is 7.25. The van der Waals surface area contributed by atoms with Crippen LogP contribution >= 0.6 is 22.1 Å². The highest BCUT2D eigenvalue weighted by molar-refractivity contribution is 7.66. The quantitative estimate of drug-likeness (QED) is 0.496. The molecular weight excluding hydrogens is 360 g/mol. The van der Waals surface area contributed by atoms with E-state index in [9.17, 15) is 13.7 Å². The Morgan fingerprint density at radius 3 is 1.18 bits per heavy atom. The Balaban J connectivity index is 1.75. The van der Waals surface area contributed by atoms with Gasteiger partial charge in [0, 0.05) is 18.5 Å². The Bertz CT molecular complexity index is 579. The molecule has 0 aliphatic carbocycles. The van der Waals surface area contributed by atoms with Crippen LogP contribution in [0.3, 0.4) is 0 Å². The van der Waals surface area contributed by atoms with Crippen molar-refractivity contribution in [3.63, 3.8) is 0 Å². The maximum atomic E-state index is 12.5. The monoisotopic (exact) mass is 378 g/mol. The summed E-state index contributed by atoms with van der Waals surface area (Å²) < 4.78 is 54.4. The second-order valence-electron chi connectivity index (χ2n) is 5.47. The molecule has 10 heteroatoms. The molecule has 3 aliphatic rings. The molecule has 0 fully saturated rings. The summed E-state index contributed by atoms with van der Waals surface area (Å²) in [5, 5.41) is 0. The van der Waals surface area contributed by atoms with Crippen molar-refractivity contribution in [3.05, 3.63) is 35.7 Å². The van der Waals surface area contributed by atoms with Crippen molar-refractivity contribution in [3.8, 4) is 0 Å². The van der Waals surface area contributed by atoms with E-state index >= 15 is 0 Å². The molecule has 22 heavy (non-hydrogen) atoms. The van der Waals surface area contributed by atoms with Crippen LogP contribution in [0.1, 0.15) is 19.3 Å². The van der Waals surface area contributed by atoms with Gasteiger partial charge in [0.15, 0.2) is 0 Å². The van der Waals surface area contributed by atoms with E-state index < -0.39 is 37.3 Å². The molecule has 3 heterocycles. The van der Waals surface area contributed by atoms with E-state index in [0.717, 1.165) is 0 Å². The Hall–Kier alpha value is 0.322. The van der Waals surface area contributed by atoms with Gasteiger partial charge in [-0.2, -0.15) is 0 Å². The Morgan fingerprint density at radius 2 is 0.955 bits per heavy atom. The van der Waals surface area contributed by atoms with Crippen LogP contribution in [0.2, 0.25) is 0 Å². The van der Waals surface area contributed by atoms with Crippen LogP contribution in [-0.2, 0) is 24.4 Å². The van der Waals surface area contributed by atoms with E-state index in [1.54, 1.807) is 35.7 Å². The Labute approximate surface area is 135 Å². The lowest BCUT2D eigenvalue weighted by Crippen LogP contribution is -2.23. The topological polar surface area (TPSA) is 78.9 Å². The summed E-state index contributed by atoms with van der Waals surface area (Å²) in [4.78, 5) is 0. The SMILES string of the molecule is O=P1([O][Al]([O]P2(=O)C=CCC2)[O]P2(=O)C=CCC2)C=CCC1. The van der Waals surface area contributed by atoms with Gasteiger partial charge in [-0.3, -0.25) is 13.7 Å².